The van der Waals surface area contributed by atoms with Crippen LogP contribution in [0.25, 0.3) is 0 Å². The Morgan fingerprint density at radius 3 is 2.32 bits per heavy atom. The quantitative estimate of drug-likeness (QED) is 0.462. The molecule has 0 saturated heterocycles. The average Bonchev–Trinajstić information content (AvgIpc) is 2.51. The van der Waals surface area contributed by atoms with Gasteiger partial charge in [-0.3, -0.25) is 9.35 Å². The van der Waals surface area contributed by atoms with E-state index in [0.717, 1.165) is 0 Å². The Labute approximate surface area is 145 Å². The highest BCUT2D eigenvalue weighted by molar-refractivity contribution is 7.85. The Bertz CT molecular complexity index is 919. The van der Waals surface area contributed by atoms with Crippen LogP contribution in [0.2, 0.25) is 0 Å². The zero-order valence-corrected chi connectivity index (χ0v) is 14.6. The Morgan fingerprint density at radius 2 is 1.72 bits per heavy atom. The van der Waals surface area contributed by atoms with Crippen LogP contribution in [0.5, 0.6) is 5.75 Å². The lowest BCUT2D eigenvalue weighted by atomic mass is 10.0. The Balaban J connectivity index is 2.09. The molecule has 2 rings (SSSR count). The first kappa shape index (κ1) is 18.8. The first-order valence-electron chi connectivity index (χ1n) is 7.47. The van der Waals surface area contributed by atoms with Gasteiger partial charge in [-0.1, -0.05) is 6.07 Å². The predicted octanol–water partition coefficient (Wildman–Crippen LogP) is 3.61. The fourth-order valence-electron chi connectivity index (χ4n) is 2.35. The van der Waals surface area contributed by atoms with E-state index >= 15 is 0 Å². The number of nitrogens with zero attached hydrogens (tertiary/aromatic N) is 2. The second kappa shape index (κ2) is 7.54. The van der Waals surface area contributed by atoms with Crippen LogP contribution in [0.1, 0.15) is 27.9 Å². The van der Waals surface area contributed by atoms with Crippen molar-refractivity contribution in [1.82, 2.24) is 0 Å². The summed E-state index contributed by atoms with van der Waals surface area (Å²) in [6, 6.07) is 8.87. The molecule has 0 saturated carbocycles. The Hall–Kier alpha value is -2.58. The van der Waals surface area contributed by atoms with E-state index in [0.29, 0.717) is 16.8 Å². The van der Waals surface area contributed by atoms with Gasteiger partial charge in [0.1, 0.15) is 5.75 Å². The maximum Gasteiger partial charge on any atom is 0.294 e. The standard InChI is InChI=1S/C17H18N2O5S/c1-11-9-12(2)17(25(22,23)24)10-15(11)16(21)7-8-18-19-13-3-5-14(20)6-4-13/h3-6,9-10,20H,7-8H2,1-2H3,(H,22,23,24). The molecule has 7 nitrogen and oxygen atoms in total. The zero-order valence-electron chi connectivity index (χ0n) is 13.8. The van der Waals surface area contributed by atoms with Gasteiger partial charge in [0.25, 0.3) is 10.1 Å². The van der Waals surface area contributed by atoms with E-state index in [1.54, 1.807) is 32.0 Å². The van der Waals surface area contributed by atoms with Gasteiger partial charge in [0.15, 0.2) is 5.78 Å². The molecule has 0 bridgehead atoms. The molecule has 0 aliphatic rings. The first-order valence-corrected chi connectivity index (χ1v) is 8.91. The fraction of sp³-hybridized carbons (Fsp3) is 0.235. The predicted molar refractivity (Wildman–Crippen MR) is 92.2 cm³/mol. The summed E-state index contributed by atoms with van der Waals surface area (Å²) in [5.74, 6) is -0.161. The molecule has 25 heavy (non-hydrogen) atoms. The number of hydrogen-bond acceptors (Lipinski definition) is 6. The van der Waals surface area contributed by atoms with Crippen molar-refractivity contribution in [3.63, 3.8) is 0 Å². The maximum absolute atomic E-state index is 12.3. The van der Waals surface area contributed by atoms with Crippen LogP contribution in [-0.4, -0.2) is 30.4 Å². The van der Waals surface area contributed by atoms with E-state index in [-0.39, 0.29) is 35.0 Å². The summed E-state index contributed by atoms with van der Waals surface area (Å²) in [6.45, 7) is 3.39. The molecule has 0 radical (unpaired) electrons. The summed E-state index contributed by atoms with van der Waals surface area (Å²) in [5.41, 5.74) is 1.79. The van der Waals surface area contributed by atoms with Crippen molar-refractivity contribution in [2.45, 2.75) is 25.2 Å². The molecule has 2 N–H and O–H groups in total. The van der Waals surface area contributed by atoms with Crippen molar-refractivity contribution < 1.29 is 22.9 Å². The van der Waals surface area contributed by atoms with Crippen molar-refractivity contribution >= 4 is 21.6 Å². The molecule has 2 aromatic rings. The number of aryl methyl sites for hydroxylation is 2. The monoisotopic (exact) mass is 362 g/mol. The van der Waals surface area contributed by atoms with E-state index in [2.05, 4.69) is 10.2 Å². The summed E-state index contributed by atoms with van der Waals surface area (Å²) in [7, 11) is -4.39. The van der Waals surface area contributed by atoms with Crippen LogP contribution in [0.15, 0.2) is 51.5 Å². The van der Waals surface area contributed by atoms with Crippen molar-refractivity contribution in [1.29, 1.82) is 0 Å². The van der Waals surface area contributed by atoms with E-state index in [1.165, 1.54) is 18.2 Å². The van der Waals surface area contributed by atoms with Crippen LogP contribution >= 0.6 is 0 Å². The second-order valence-electron chi connectivity index (χ2n) is 5.56. The summed E-state index contributed by atoms with van der Waals surface area (Å²) < 4.78 is 32.0. The smallest absolute Gasteiger partial charge is 0.294 e. The third-order valence-electron chi connectivity index (χ3n) is 3.58. The Kier molecular flexibility index (Phi) is 5.66. The van der Waals surface area contributed by atoms with Crippen LogP contribution < -0.4 is 0 Å². The molecule has 0 heterocycles. The van der Waals surface area contributed by atoms with Crippen molar-refractivity contribution in [3.05, 3.63) is 53.1 Å². The van der Waals surface area contributed by atoms with Crippen LogP contribution in [0.3, 0.4) is 0 Å². The minimum absolute atomic E-state index is 0.0520. The van der Waals surface area contributed by atoms with Gasteiger partial charge in [0.2, 0.25) is 0 Å². The Morgan fingerprint density at radius 1 is 1.08 bits per heavy atom. The second-order valence-corrected chi connectivity index (χ2v) is 6.95. The maximum atomic E-state index is 12.3. The van der Waals surface area contributed by atoms with Gasteiger partial charge in [-0.25, -0.2) is 0 Å². The number of aromatic hydroxyl groups is 1. The third-order valence-corrected chi connectivity index (χ3v) is 4.57. The number of rotatable bonds is 6. The molecule has 0 spiro atoms. The lowest BCUT2D eigenvalue weighted by Crippen LogP contribution is -2.08. The molecule has 0 atom stereocenters. The molecule has 0 aromatic heterocycles. The van der Waals surface area contributed by atoms with Crippen LogP contribution in [-0.2, 0) is 10.1 Å². The number of ketones is 1. The number of phenols is 1. The number of carbonyl (C=O) groups excluding carboxylic acids is 1. The number of benzene rings is 2. The normalized spacial score (nSPS) is 11.8. The summed E-state index contributed by atoms with van der Waals surface area (Å²) >= 11 is 0. The van der Waals surface area contributed by atoms with Crippen molar-refractivity contribution in [3.8, 4) is 5.75 Å². The molecule has 8 heteroatoms. The van der Waals surface area contributed by atoms with Gasteiger partial charge in [0.05, 0.1) is 17.1 Å². The number of azo groups is 1. The molecule has 0 unspecified atom stereocenters. The first-order chi connectivity index (χ1) is 11.7. The number of phenolic OH excluding ortho intramolecular Hbond substituents is 1. The van der Waals surface area contributed by atoms with E-state index < -0.39 is 10.1 Å². The lowest BCUT2D eigenvalue weighted by Gasteiger charge is -2.09. The van der Waals surface area contributed by atoms with Crippen molar-refractivity contribution in [2.24, 2.45) is 10.2 Å². The number of carbonyl (C=O) groups is 1. The number of Topliss-reactive ketones (excluding diaryl/α,β-unsaturated/α-hetero) is 1. The largest absolute Gasteiger partial charge is 0.508 e. The molecule has 0 aliphatic carbocycles. The van der Waals surface area contributed by atoms with Gasteiger partial charge in [-0.15, -0.1) is 0 Å². The molecular formula is C17H18N2O5S. The van der Waals surface area contributed by atoms with Gasteiger partial charge < -0.3 is 5.11 Å². The zero-order chi connectivity index (χ0) is 18.6. The topological polar surface area (TPSA) is 116 Å². The van der Waals surface area contributed by atoms with E-state index in [4.69, 9.17) is 0 Å². The average molecular weight is 362 g/mol. The van der Waals surface area contributed by atoms with E-state index in [9.17, 15) is 22.9 Å². The highest BCUT2D eigenvalue weighted by Gasteiger charge is 2.18. The number of hydrogen-bond donors (Lipinski definition) is 2. The summed E-state index contributed by atoms with van der Waals surface area (Å²) in [6.07, 6.45) is 0.0520. The molecule has 0 amide bonds. The van der Waals surface area contributed by atoms with Crippen LogP contribution in [0.4, 0.5) is 5.69 Å². The minimum atomic E-state index is -4.39. The molecular weight excluding hydrogens is 344 g/mol. The molecule has 132 valence electrons. The molecule has 0 fully saturated rings. The highest BCUT2D eigenvalue weighted by Crippen LogP contribution is 2.22. The summed E-state index contributed by atoms with van der Waals surface area (Å²) in [5, 5.41) is 17.0. The third kappa shape index (κ3) is 4.94. The molecule has 2 aromatic carbocycles. The fourth-order valence-corrected chi connectivity index (χ4v) is 3.08. The van der Waals surface area contributed by atoms with Gasteiger partial charge in [-0.05, 0) is 55.3 Å². The minimum Gasteiger partial charge on any atom is -0.508 e. The van der Waals surface area contributed by atoms with Gasteiger partial charge >= 0.3 is 0 Å². The lowest BCUT2D eigenvalue weighted by molar-refractivity contribution is 0.0984. The summed E-state index contributed by atoms with van der Waals surface area (Å²) in [4.78, 5) is 12.0. The SMILES string of the molecule is Cc1cc(C)c(S(=O)(=O)O)cc1C(=O)CCN=Nc1ccc(O)cc1. The van der Waals surface area contributed by atoms with Crippen molar-refractivity contribution in [2.75, 3.05) is 6.54 Å². The molecule has 0 aliphatic heterocycles. The van der Waals surface area contributed by atoms with Gasteiger partial charge in [0, 0.05) is 12.0 Å². The highest BCUT2D eigenvalue weighted by atomic mass is 32.2. The van der Waals surface area contributed by atoms with E-state index in [1.807, 2.05) is 0 Å². The van der Waals surface area contributed by atoms with Crippen LogP contribution in [0, 0.1) is 13.8 Å². The van der Waals surface area contributed by atoms with Gasteiger partial charge in [-0.2, -0.15) is 18.6 Å².